The molecule has 1 aromatic carbocycles. The highest BCUT2D eigenvalue weighted by Gasteiger charge is 2.18. The number of hydrogen-bond donors (Lipinski definition) is 2. The third kappa shape index (κ3) is 6.06. The molecule has 0 saturated heterocycles. The standard InChI is InChI=1S/C18H29NO2/c1-2-3-4-13-21-18-11-5-15(6-12-18)14-19-16-7-9-17(20)10-8-16/h5-6,11-12,16-17,19-20H,2-4,7-10,13-14H2,1H3. The number of hydrogen-bond acceptors (Lipinski definition) is 3. The van der Waals surface area contributed by atoms with Crippen LogP contribution in [0, 0.1) is 0 Å². The lowest BCUT2D eigenvalue weighted by Crippen LogP contribution is -2.34. The summed E-state index contributed by atoms with van der Waals surface area (Å²) in [4.78, 5) is 0. The predicted octanol–water partition coefficient (Wildman–Crippen LogP) is 3.65. The summed E-state index contributed by atoms with van der Waals surface area (Å²) < 4.78 is 5.72. The van der Waals surface area contributed by atoms with Crippen LogP contribution in [-0.2, 0) is 6.54 Å². The fourth-order valence-electron chi connectivity index (χ4n) is 2.79. The Hall–Kier alpha value is -1.06. The van der Waals surface area contributed by atoms with Gasteiger partial charge in [0, 0.05) is 12.6 Å². The van der Waals surface area contributed by atoms with Crippen LogP contribution in [0.15, 0.2) is 24.3 Å². The number of aliphatic hydroxyl groups is 1. The quantitative estimate of drug-likeness (QED) is 0.718. The highest BCUT2D eigenvalue weighted by Crippen LogP contribution is 2.19. The molecule has 0 aliphatic heterocycles. The monoisotopic (exact) mass is 291 g/mol. The summed E-state index contributed by atoms with van der Waals surface area (Å²) in [5.74, 6) is 0.968. The van der Waals surface area contributed by atoms with Crippen LogP contribution in [-0.4, -0.2) is 23.9 Å². The molecule has 1 aromatic rings. The molecule has 0 unspecified atom stereocenters. The van der Waals surface area contributed by atoms with Gasteiger partial charge < -0.3 is 15.2 Å². The Morgan fingerprint density at radius 1 is 1.10 bits per heavy atom. The van der Waals surface area contributed by atoms with Gasteiger partial charge in [0.25, 0.3) is 0 Å². The Morgan fingerprint density at radius 3 is 2.48 bits per heavy atom. The smallest absolute Gasteiger partial charge is 0.119 e. The Morgan fingerprint density at radius 2 is 1.81 bits per heavy atom. The molecule has 1 fully saturated rings. The third-order valence-corrected chi connectivity index (χ3v) is 4.23. The van der Waals surface area contributed by atoms with Crippen molar-refractivity contribution in [1.29, 1.82) is 0 Å². The van der Waals surface area contributed by atoms with Crippen molar-refractivity contribution in [3.8, 4) is 5.75 Å². The molecule has 1 aliphatic rings. The van der Waals surface area contributed by atoms with E-state index in [1.807, 2.05) is 0 Å². The van der Waals surface area contributed by atoms with Crippen molar-refractivity contribution in [2.24, 2.45) is 0 Å². The Balaban J connectivity index is 1.67. The average molecular weight is 291 g/mol. The molecule has 2 N–H and O–H groups in total. The van der Waals surface area contributed by atoms with Crippen LogP contribution in [0.5, 0.6) is 5.75 Å². The molecule has 2 rings (SSSR count). The summed E-state index contributed by atoms with van der Waals surface area (Å²) in [6, 6.07) is 8.96. The molecule has 21 heavy (non-hydrogen) atoms. The van der Waals surface area contributed by atoms with Gasteiger partial charge in [-0.25, -0.2) is 0 Å². The van der Waals surface area contributed by atoms with Crippen molar-refractivity contribution < 1.29 is 9.84 Å². The van der Waals surface area contributed by atoms with E-state index in [1.165, 1.54) is 18.4 Å². The second-order valence-corrected chi connectivity index (χ2v) is 6.09. The molecule has 0 bridgehead atoms. The number of aliphatic hydroxyl groups excluding tert-OH is 1. The van der Waals surface area contributed by atoms with Gasteiger partial charge in [0.05, 0.1) is 12.7 Å². The fourth-order valence-corrected chi connectivity index (χ4v) is 2.79. The van der Waals surface area contributed by atoms with Gasteiger partial charge in [0.2, 0.25) is 0 Å². The molecular formula is C18H29NO2. The van der Waals surface area contributed by atoms with E-state index < -0.39 is 0 Å². The Labute approximate surface area is 128 Å². The normalized spacial score (nSPS) is 22.2. The van der Waals surface area contributed by atoms with E-state index in [-0.39, 0.29) is 6.10 Å². The van der Waals surface area contributed by atoms with E-state index in [9.17, 15) is 5.11 Å². The zero-order chi connectivity index (χ0) is 14.9. The highest BCUT2D eigenvalue weighted by atomic mass is 16.5. The first-order chi connectivity index (χ1) is 10.3. The SMILES string of the molecule is CCCCCOc1ccc(CNC2CCC(O)CC2)cc1. The zero-order valence-electron chi connectivity index (χ0n) is 13.2. The van der Waals surface area contributed by atoms with Gasteiger partial charge in [0.1, 0.15) is 5.75 Å². The van der Waals surface area contributed by atoms with Crippen molar-refractivity contribution in [2.45, 2.75) is 70.6 Å². The molecule has 1 saturated carbocycles. The molecule has 0 amide bonds. The minimum absolute atomic E-state index is 0.0767. The van der Waals surface area contributed by atoms with Crippen LogP contribution < -0.4 is 10.1 Å². The molecule has 1 aliphatic carbocycles. The Kier molecular flexibility index (Phi) is 7.04. The second-order valence-electron chi connectivity index (χ2n) is 6.09. The van der Waals surface area contributed by atoms with E-state index in [2.05, 4.69) is 36.5 Å². The van der Waals surface area contributed by atoms with Gasteiger partial charge >= 0.3 is 0 Å². The lowest BCUT2D eigenvalue weighted by atomic mass is 9.93. The lowest BCUT2D eigenvalue weighted by Gasteiger charge is -2.26. The lowest BCUT2D eigenvalue weighted by molar-refractivity contribution is 0.116. The molecule has 0 atom stereocenters. The van der Waals surface area contributed by atoms with E-state index in [4.69, 9.17) is 4.74 Å². The van der Waals surface area contributed by atoms with Crippen molar-refractivity contribution in [3.63, 3.8) is 0 Å². The van der Waals surface area contributed by atoms with Crippen LogP contribution in [0.4, 0.5) is 0 Å². The topological polar surface area (TPSA) is 41.5 Å². The van der Waals surface area contributed by atoms with Gasteiger partial charge in [-0.05, 0) is 49.8 Å². The van der Waals surface area contributed by atoms with Crippen LogP contribution in [0.3, 0.4) is 0 Å². The molecule has 0 spiro atoms. The summed E-state index contributed by atoms with van der Waals surface area (Å²) in [7, 11) is 0. The van der Waals surface area contributed by atoms with Gasteiger partial charge in [-0.15, -0.1) is 0 Å². The summed E-state index contributed by atoms with van der Waals surface area (Å²) in [6.45, 7) is 3.92. The van der Waals surface area contributed by atoms with Crippen molar-refractivity contribution in [1.82, 2.24) is 5.32 Å². The number of unbranched alkanes of at least 4 members (excludes halogenated alkanes) is 2. The first-order valence-electron chi connectivity index (χ1n) is 8.41. The number of benzene rings is 1. The summed E-state index contributed by atoms with van der Waals surface area (Å²) >= 11 is 0. The molecule has 3 heteroatoms. The molecule has 0 aromatic heterocycles. The van der Waals surface area contributed by atoms with Gasteiger partial charge in [0.15, 0.2) is 0 Å². The first-order valence-corrected chi connectivity index (χ1v) is 8.41. The largest absolute Gasteiger partial charge is 0.494 e. The van der Waals surface area contributed by atoms with Crippen molar-refractivity contribution in [3.05, 3.63) is 29.8 Å². The maximum Gasteiger partial charge on any atom is 0.119 e. The van der Waals surface area contributed by atoms with Gasteiger partial charge in [-0.1, -0.05) is 31.9 Å². The summed E-state index contributed by atoms with van der Waals surface area (Å²) in [5, 5.41) is 13.1. The molecule has 3 nitrogen and oxygen atoms in total. The van der Waals surface area contributed by atoms with E-state index in [0.717, 1.165) is 51.0 Å². The average Bonchev–Trinajstić information content (AvgIpc) is 2.52. The second kappa shape index (κ2) is 9.06. The van der Waals surface area contributed by atoms with Crippen molar-refractivity contribution in [2.75, 3.05) is 6.61 Å². The predicted molar refractivity (Wildman–Crippen MR) is 86.6 cm³/mol. The zero-order valence-corrected chi connectivity index (χ0v) is 13.2. The van der Waals surface area contributed by atoms with Crippen LogP contribution in [0.25, 0.3) is 0 Å². The molecular weight excluding hydrogens is 262 g/mol. The van der Waals surface area contributed by atoms with E-state index in [1.54, 1.807) is 0 Å². The van der Waals surface area contributed by atoms with Crippen molar-refractivity contribution >= 4 is 0 Å². The number of ether oxygens (including phenoxy) is 1. The van der Waals surface area contributed by atoms with Crippen LogP contribution in [0.1, 0.15) is 57.4 Å². The Bertz CT molecular complexity index is 383. The molecule has 0 radical (unpaired) electrons. The highest BCUT2D eigenvalue weighted by molar-refractivity contribution is 5.27. The summed E-state index contributed by atoms with van der Waals surface area (Å²) in [5.41, 5.74) is 1.29. The third-order valence-electron chi connectivity index (χ3n) is 4.23. The van der Waals surface area contributed by atoms with Crippen LogP contribution >= 0.6 is 0 Å². The molecule has 118 valence electrons. The maximum absolute atomic E-state index is 9.51. The maximum atomic E-state index is 9.51. The number of rotatable bonds is 8. The van der Waals surface area contributed by atoms with Gasteiger partial charge in [-0.2, -0.15) is 0 Å². The minimum Gasteiger partial charge on any atom is -0.494 e. The first kappa shape index (κ1) is 16.3. The van der Waals surface area contributed by atoms with Crippen LogP contribution in [0.2, 0.25) is 0 Å². The van der Waals surface area contributed by atoms with Gasteiger partial charge in [-0.3, -0.25) is 0 Å². The number of nitrogens with one attached hydrogen (secondary N) is 1. The fraction of sp³-hybridized carbons (Fsp3) is 0.667. The molecule has 0 heterocycles. The summed E-state index contributed by atoms with van der Waals surface area (Å²) in [6.07, 6.45) is 7.55. The van der Waals surface area contributed by atoms with E-state index in [0.29, 0.717) is 6.04 Å². The van der Waals surface area contributed by atoms with E-state index >= 15 is 0 Å². The minimum atomic E-state index is -0.0767.